The Balaban J connectivity index is 1.44. The van der Waals surface area contributed by atoms with Crippen molar-refractivity contribution in [2.75, 3.05) is 27.2 Å². The van der Waals surface area contributed by atoms with Crippen molar-refractivity contribution in [3.8, 4) is 0 Å². The van der Waals surface area contributed by atoms with E-state index in [-0.39, 0.29) is 0 Å². The van der Waals surface area contributed by atoms with E-state index in [1.54, 1.807) is 0 Å². The number of likely N-dealkylation sites (tertiary alicyclic amines) is 1. The van der Waals surface area contributed by atoms with Crippen LogP contribution in [0.5, 0.6) is 0 Å². The maximum Gasteiger partial charge on any atom is 0.223 e. The number of amides is 1. The summed E-state index contributed by atoms with van der Waals surface area (Å²) in [6.45, 7) is 2.12. The molecular weight excluding hydrogens is 284 g/mol. The number of carbonyl (C=O) groups excluding carboxylic acids is 1. The molecule has 0 aromatic rings. The highest BCUT2D eigenvalue weighted by atomic mass is 16.2. The zero-order chi connectivity index (χ0) is 16.1. The maximum atomic E-state index is 12.5. The van der Waals surface area contributed by atoms with E-state index in [0.717, 1.165) is 31.3 Å². The van der Waals surface area contributed by atoms with Crippen molar-refractivity contribution in [1.82, 2.24) is 9.80 Å². The molecule has 0 aromatic carbocycles. The number of hydrogen-bond donors (Lipinski definition) is 0. The molecule has 1 heterocycles. The van der Waals surface area contributed by atoms with E-state index in [1.165, 1.54) is 64.2 Å². The minimum Gasteiger partial charge on any atom is -0.342 e. The average Bonchev–Trinajstić information content (AvgIpc) is 3.06. The van der Waals surface area contributed by atoms with Gasteiger partial charge >= 0.3 is 0 Å². The minimum atomic E-state index is 0.323. The largest absolute Gasteiger partial charge is 0.342 e. The van der Waals surface area contributed by atoms with E-state index in [4.69, 9.17) is 0 Å². The third-order valence-corrected chi connectivity index (χ3v) is 7.76. The van der Waals surface area contributed by atoms with Crippen molar-refractivity contribution in [3.05, 3.63) is 0 Å². The molecule has 4 rings (SSSR count). The number of carbonyl (C=O) groups is 1. The third kappa shape index (κ3) is 2.83. The van der Waals surface area contributed by atoms with Crippen LogP contribution in [-0.2, 0) is 4.79 Å². The highest BCUT2D eigenvalue weighted by molar-refractivity contribution is 5.79. The highest BCUT2D eigenvalue weighted by Crippen LogP contribution is 2.53. The second-order valence-corrected chi connectivity index (χ2v) is 9.37. The van der Waals surface area contributed by atoms with Crippen LogP contribution >= 0.6 is 0 Å². The lowest BCUT2D eigenvalue weighted by Gasteiger charge is -2.52. The number of hydrogen-bond acceptors (Lipinski definition) is 2. The summed E-state index contributed by atoms with van der Waals surface area (Å²) in [6, 6.07) is 0. The Hall–Kier alpha value is -0.570. The van der Waals surface area contributed by atoms with Crippen molar-refractivity contribution in [3.63, 3.8) is 0 Å². The number of nitrogens with zero attached hydrogens (tertiary/aromatic N) is 2. The van der Waals surface area contributed by atoms with Gasteiger partial charge in [0.2, 0.25) is 5.91 Å². The van der Waals surface area contributed by atoms with Gasteiger partial charge < -0.3 is 9.80 Å². The Morgan fingerprint density at radius 3 is 2.26 bits per heavy atom. The van der Waals surface area contributed by atoms with Crippen molar-refractivity contribution in [2.45, 2.75) is 76.2 Å². The van der Waals surface area contributed by atoms with Crippen molar-refractivity contribution >= 4 is 5.91 Å². The molecule has 3 nitrogen and oxygen atoms in total. The zero-order valence-corrected chi connectivity index (χ0v) is 15.1. The van der Waals surface area contributed by atoms with Gasteiger partial charge in [0.15, 0.2) is 0 Å². The van der Waals surface area contributed by atoms with Gasteiger partial charge in [-0.25, -0.2) is 0 Å². The molecule has 0 radical (unpaired) electrons. The molecule has 4 fully saturated rings. The van der Waals surface area contributed by atoms with Crippen LogP contribution in [-0.4, -0.2) is 48.4 Å². The topological polar surface area (TPSA) is 23.6 Å². The lowest BCUT2D eigenvalue weighted by atomic mass is 9.62. The van der Waals surface area contributed by atoms with E-state index in [1.807, 2.05) is 0 Å². The summed E-state index contributed by atoms with van der Waals surface area (Å²) in [6.07, 6.45) is 14.4. The van der Waals surface area contributed by atoms with Gasteiger partial charge in [-0.05, 0) is 82.7 Å². The van der Waals surface area contributed by atoms with E-state index in [0.29, 0.717) is 16.9 Å². The molecule has 130 valence electrons. The second-order valence-electron chi connectivity index (χ2n) is 9.37. The third-order valence-electron chi connectivity index (χ3n) is 7.76. The van der Waals surface area contributed by atoms with Gasteiger partial charge in [-0.15, -0.1) is 0 Å². The van der Waals surface area contributed by atoms with Crippen LogP contribution in [0.15, 0.2) is 0 Å². The van der Waals surface area contributed by atoms with Crippen LogP contribution in [0.3, 0.4) is 0 Å². The predicted molar refractivity (Wildman–Crippen MR) is 93.2 cm³/mol. The van der Waals surface area contributed by atoms with Gasteiger partial charge in [0.25, 0.3) is 0 Å². The van der Waals surface area contributed by atoms with E-state index in [9.17, 15) is 4.79 Å². The molecule has 1 spiro atoms. The summed E-state index contributed by atoms with van der Waals surface area (Å²) in [5.41, 5.74) is 0.749. The summed E-state index contributed by atoms with van der Waals surface area (Å²) >= 11 is 0. The molecule has 4 aliphatic rings. The lowest BCUT2D eigenvalue weighted by molar-refractivity contribution is -0.128. The first-order valence-electron chi connectivity index (χ1n) is 9.98. The van der Waals surface area contributed by atoms with E-state index in [2.05, 4.69) is 23.9 Å². The molecule has 0 bridgehead atoms. The van der Waals surface area contributed by atoms with Gasteiger partial charge in [-0.2, -0.15) is 0 Å². The van der Waals surface area contributed by atoms with Crippen LogP contribution in [0.1, 0.15) is 70.6 Å². The summed E-state index contributed by atoms with van der Waals surface area (Å²) < 4.78 is 0. The molecular formula is C20H34N2O. The normalized spacial score (nSPS) is 39.1. The molecule has 0 unspecified atom stereocenters. The fourth-order valence-electron chi connectivity index (χ4n) is 5.99. The lowest BCUT2D eigenvalue weighted by Crippen LogP contribution is -2.54. The predicted octanol–water partition coefficient (Wildman–Crippen LogP) is 3.68. The zero-order valence-electron chi connectivity index (χ0n) is 15.1. The fourth-order valence-corrected chi connectivity index (χ4v) is 5.99. The Labute approximate surface area is 141 Å². The molecule has 3 heteroatoms. The van der Waals surface area contributed by atoms with Crippen LogP contribution in [0.2, 0.25) is 0 Å². The molecule has 0 N–H and O–H groups in total. The molecule has 23 heavy (non-hydrogen) atoms. The Morgan fingerprint density at radius 2 is 1.70 bits per heavy atom. The molecule has 1 aliphatic heterocycles. The summed E-state index contributed by atoms with van der Waals surface area (Å²) in [7, 11) is 4.60. The van der Waals surface area contributed by atoms with Gasteiger partial charge in [0, 0.05) is 25.0 Å². The first kappa shape index (κ1) is 15.9. The molecule has 3 saturated carbocycles. The van der Waals surface area contributed by atoms with Gasteiger partial charge in [-0.1, -0.05) is 12.8 Å². The Bertz CT molecular complexity index is 454. The standard InChI is InChI=1S/C20H34N2O/c1-21(2)20(17-5-3-4-6-17)11-9-19(10-12-20)13-18(23)22(15-19)14-16-7-8-16/h16-17H,3-15H2,1-2H3. The first-order valence-corrected chi connectivity index (χ1v) is 9.98. The van der Waals surface area contributed by atoms with Crippen LogP contribution in [0, 0.1) is 17.3 Å². The van der Waals surface area contributed by atoms with Crippen molar-refractivity contribution < 1.29 is 4.79 Å². The highest BCUT2D eigenvalue weighted by Gasteiger charge is 2.52. The van der Waals surface area contributed by atoms with Crippen LogP contribution < -0.4 is 0 Å². The summed E-state index contributed by atoms with van der Waals surface area (Å²) in [5, 5.41) is 0. The number of rotatable bonds is 4. The van der Waals surface area contributed by atoms with E-state index < -0.39 is 0 Å². The first-order chi connectivity index (χ1) is 11.0. The second kappa shape index (κ2) is 5.75. The maximum absolute atomic E-state index is 12.5. The smallest absolute Gasteiger partial charge is 0.223 e. The van der Waals surface area contributed by atoms with Gasteiger partial charge in [-0.3, -0.25) is 4.79 Å². The summed E-state index contributed by atoms with van der Waals surface area (Å²) in [5.74, 6) is 2.18. The van der Waals surface area contributed by atoms with Crippen LogP contribution in [0.25, 0.3) is 0 Å². The fraction of sp³-hybridized carbons (Fsp3) is 0.950. The summed E-state index contributed by atoms with van der Waals surface area (Å²) in [4.78, 5) is 17.2. The van der Waals surface area contributed by atoms with Crippen molar-refractivity contribution in [1.29, 1.82) is 0 Å². The van der Waals surface area contributed by atoms with E-state index >= 15 is 0 Å². The molecule has 0 aromatic heterocycles. The molecule has 0 atom stereocenters. The molecule has 1 amide bonds. The quantitative estimate of drug-likeness (QED) is 0.789. The van der Waals surface area contributed by atoms with Gasteiger partial charge in [0.1, 0.15) is 0 Å². The van der Waals surface area contributed by atoms with Crippen molar-refractivity contribution in [2.24, 2.45) is 17.3 Å². The average molecular weight is 319 g/mol. The molecule has 3 aliphatic carbocycles. The van der Waals surface area contributed by atoms with Crippen LogP contribution in [0.4, 0.5) is 0 Å². The monoisotopic (exact) mass is 318 g/mol. The Morgan fingerprint density at radius 1 is 1.04 bits per heavy atom. The SMILES string of the molecule is CN(C)C1(C2CCCC2)CCC2(CC1)CC(=O)N(CC1CC1)C2. The minimum absolute atomic E-state index is 0.323. The van der Waals surface area contributed by atoms with Gasteiger partial charge in [0.05, 0.1) is 0 Å². The molecule has 1 saturated heterocycles. The Kier molecular flexibility index (Phi) is 3.98.